The molecule has 2 N–H and O–H groups in total. The van der Waals surface area contributed by atoms with Crippen molar-refractivity contribution in [1.29, 1.82) is 0 Å². The minimum Gasteiger partial charge on any atom is -0.393 e. The molecule has 3 aliphatic rings. The first-order chi connectivity index (χ1) is 14.8. The van der Waals surface area contributed by atoms with Crippen molar-refractivity contribution in [2.24, 2.45) is 11.3 Å². The van der Waals surface area contributed by atoms with E-state index in [0.717, 1.165) is 57.1 Å². The molecule has 2 saturated carbocycles. The largest absolute Gasteiger partial charge is 0.393 e. The predicted octanol–water partition coefficient (Wildman–Crippen LogP) is 7.36. The zero-order chi connectivity index (χ0) is 22.5. The summed E-state index contributed by atoms with van der Waals surface area (Å²) >= 11 is 2.09. The highest BCUT2D eigenvalue weighted by atomic mass is 32.2. The molecule has 0 aromatic rings. The highest BCUT2D eigenvalue weighted by Gasteiger charge is 2.46. The molecule has 0 aromatic carbocycles. The van der Waals surface area contributed by atoms with Gasteiger partial charge in [-0.2, -0.15) is 11.8 Å². The Balaban J connectivity index is 1.58. The van der Waals surface area contributed by atoms with Gasteiger partial charge in [-0.1, -0.05) is 55.7 Å². The Morgan fingerprint density at radius 2 is 2.00 bits per heavy atom. The van der Waals surface area contributed by atoms with Gasteiger partial charge in [-0.3, -0.25) is 0 Å². The summed E-state index contributed by atoms with van der Waals surface area (Å²) in [6.07, 6.45) is 20.1. The fourth-order valence-electron chi connectivity index (χ4n) is 6.28. The number of aliphatic hydroxyl groups is 2. The lowest BCUT2D eigenvalue weighted by Crippen LogP contribution is -2.33. The number of thioether (sulfide) groups is 1. The average Bonchev–Trinajstić information content (AvgIpc) is 3.12. The Morgan fingerprint density at radius 1 is 1.23 bits per heavy atom. The van der Waals surface area contributed by atoms with E-state index in [1.165, 1.54) is 31.3 Å². The van der Waals surface area contributed by atoms with Crippen LogP contribution in [0.5, 0.6) is 0 Å². The van der Waals surface area contributed by atoms with E-state index in [1.54, 1.807) is 11.1 Å². The summed E-state index contributed by atoms with van der Waals surface area (Å²) in [5.41, 5.74) is 4.61. The van der Waals surface area contributed by atoms with E-state index in [1.807, 2.05) is 0 Å². The molecule has 4 atom stereocenters. The molecule has 0 heterocycles. The van der Waals surface area contributed by atoms with Crippen LogP contribution >= 0.6 is 11.8 Å². The molecule has 0 amide bonds. The highest BCUT2D eigenvalue weighted by Crippen LogP contribution is 2.56. The van der Waals surface area contributed by atoms with Gasteiger partial charge < -0.3 is 10.2 Å². The Hall–Kier alpha value is -0.510. The van der Waals surface area contributed by atoms with E-state index < -0.39 is 5.60 Å². The van der Waals surface area contributed by atoms with Crippen LogP contribution in [0.25, 0.3) is 0 Å². The number of rotatable bonds is 9. The van der Waals surface area contributed by atoms with E-state index >= 15 is 0 Å². The van der Waals surface area contributed by atoms with Gasteiger partial charge in [0.15, 0.2) is 0 Å². The second-order valence-corrected chi connectivity index (χ2v) is 12.0. The van der Waals surface area contributed by atoms with Gasteiger partial charge in [0.1, 0.15) is 0 Å². The smallest absolute Gasteiger partial charge is 0.0642 e. The summed E-state index contributed by atoms with van der Waals surface area (Å²) in [6.45, 7) is 9.12. The fraction of sp³-hybridized carbons (Fsp3) is 0.786. The lowest BCUT2D eigenvalue weighted by atomic mass is 9.64. The summed E-state index contributed by atoms with van der Waals surface area (Å²) in [6, 6.07) is 0. The van der Waals surface area contributed by atoms with Gasteiger partial charge in [0.2, 0.25) is 0 Å². The van der Waals surface area contributed by atoms with Crippen LogP contribution < -0.4 is 0 Å². The predicted molar refractivity (Wildman–Crippen MR) is 135 cm³/mol. The SMILES string of the molecule is CCC(O)(CC)CCCS[C@@H](C)C1=CCC2/C(=C/C=C3/CCCC(O)C3)CCCC12C. The first kappa shape index (κ1) is 25.1. The fourth-order valence-corrected chi connectivity index (χ4v) is 7.49. The molecule has 0 bridgehead atoms. The molecule has 31 heavy (non-hydrogen) atoms. The zero-order valence-corrected chi connectivity index (χ0v) is 21.3. The summed E-state index contributed by atoms with van der Waals surface area (Å²) in [5, 5.41) is 21.1. The average molecular weight is 447 g/mol. The van der Waals surface area contributed by atoms with Crippen LogP contribution in [-0.4, -0.2) is 32.9 Å². The molecule has 0 radical (unpaired) electrons. The Morgan fingerprint density at radius 3 is 2.71 bits per heavy atom. The molecule has 3 rings (SSSR count). The third-order valence-electron chi connectivity index (χ3n) is 8.59. The number of fused-ring (bicyclic) bond motifs is 1. The second kappa shape index (κ2) is 11.1. The highest BCUT2D eigenvalue weighted by molar-refractivity contribution is 8.00. The summed E-state index contributed by atoms with van der Waals surface area (Å²) in [5.74, 6) is 1.80. The van der Waals surface area contributed by atoms with E-state index in [9.17, 15) is 10.2 Å². The molecular weight excluding hydrogens is 400 g/mol. The van der Waals surface area contributed by atoms with Gasteiger partial charge in [0, 0.05) is 5.25 Å². The lowest BCUT2D eigenvalue weighted by Gasteiger charge is -2.42. The van der Waals surface area contributed by atoms with Gasteiger partial charge in [-0.25, -0.2) is 0 Å². The standard InChI is InChI=1S/C28H46O2S/c1-5-28(30,6-2)18-9-19-31-21(3)25-15-16-26-23(11-8-17-27(25,26)4)14-13-22-10-7-12-24(29)20-22/h13-15,21,24,26,29-30H,5-12,16-20H2,1-4H3/b22-13-,23-14+/t21-,24?,26?,27?/m0/s1. The number of hydrogen-bond acceptors (Lipinski definition) is 3. The summed E-state index contributed by atoms with van der Waals surface area (Å²) in [4.78, 5) is 0. The van der Waals surface area contributed by atoms with E-state index in [0.29, 0.717) is 16.6 Å². The van der Waals surface area contributed by atoms with Gasteiger partial charge in [-0.05, 0) is 101 Å². The number of aliphatic hydroxyl groups excluding tert-OH is 1. The summed E-state index contributed by atoms with van der Waals surface area (Å²) < 4.78 is 0. The van der Waals surface area contributed by atoms with Gasteiger partial charge in [-0.15, -0.1) is 0 Å². The minimum absolute atomic E-state index is 0.127. The molecule has 0 saturated heterocycles. The maximum Gasteiger partial charge on any atom is 0.0642 e. The van der Waals surface area contributed by atoms with Crippen molar-refractivity contribution < 1.29 is 10.2 Å². The molecule has 2 fully saturated rings. The van der Waals surface area contributed by atoms with E-state index in [-0.39, 0.29) is 6.10 Å². The van der Waals surface area contributed by atoms with Crippen LogP contribution in [0.2, 0.25) is 0 Å². The first-order valence-electron chi connectivity index (χ1n) is 12.9. The van der Waals surface area contributed by atoms with Crippen molar-refractivity contribution >= 4 is 11.8 Å². The van der Waals surface area contributed by atoms with E-state index in [4.69, 9.17) is 0 Å². The molecular formula is C28H46O2S. The van der Waals surface area contributed by atoms with Gasteiger partial charge in [0.05, 0.1) is 11.7 Å². The Kier molecular flexibility index (Phi) is 8.97. The monoisotopic (exact) mass is 446 g/mol. The van der Waals surface area contributed by atoms with Crippen molar-refractivity contribution in [1.82, 2.24) is 0 Å². The minimum atomic E-state index is -0.459. The molecule has 3 unspecified atom stereocenters. The number of hydrogen-bond donors (Lipinski definition) is 2. The zero-order valence-electron chi connectivity index (χ0n) is 20.5. The number of allylic oxidation sites excluding steroid dienone is 4. The maximum absolute atomic E-state index is 10.5. The normalized spacial score (nSPS) is 32.9. The molecule has 0 spiro atoms. The van der Waals surface area contributed by atoms with Crippen LogP contribution in [0.3, 0.4) is 0 Å². The van der Waals surface area contributed by atoms with Crippen molar-refractivity contribution in [3.63, 3.8) is 0 Å². The molecule has 3 aliphatic carbocycles. The van der Waals surface area contributed by atoms with Crippen LogP contribution in [0.4, 0.5) is 0 Å². The van der Waals surface area contributed by atoms with Gasteiger partial charge >= 0.3 is 0 Å². The first-order valence-corrected chi connectivity index (χ1v) is 14.0. The molecule has 0 aliphatic heterocycles. The van der Waals surface area contributed by atoms with Crippen LogP contribution in [-0.2, 0) is 0 Å². The molecule has 3 heteroatoms. The summed E-state index contributed by atoms with van der Waals surface area (Å²) in [7, 11) is 0. The second-order valence-electron chi connectivity index (χ2n) is 10.6. The van der Waals surface area contributed by atoms with Crippen molar-refractivity contribution in [2.75, 3.05) is 5.75 Å². The van der Waals surface area contributed by atoms with Crippen molar-refractivity contribution in [3.05, 3.63) is 34.9 Å². The molecule has 176 valence electrons. The molecule has 2 nitrogen and oxygen atoms in total. The van der Waals surface area contributed by atoms with E-state index in [2.05, 4.69) is 57.7 Å². The van der Waals surface area contributed by atoms with Crippen LogP contribution in [0.15, 0.2) is 34.9 Å². The lowest BCUT2D eigenvalue weighted by molar-refractivity contribution is 0.0232. The van der Waals surface area contributed by atoms with Crippen LogP contribution in [0, 0.1) is 11.3 Å². The Bertz CT molecular complexity index is 687. The van der Waals surface area contributed by atoms with Crippen LogP contribution in [0.1, 0.15) is 105 Å². The quantitative estimate of drug-likeness (QED) is 0.287. The van der Waals surface area contributed by atoms with Gasteiger partial charge in [0.25, 0.3) is 0 Å². The topological polar surface area (TPSA) is 40.5 Å². The third-order valence-corrected chi connectivity index (χ3v) is 9.86. The third kappa shape index (κ3) is 6.09. The maximum atomic E-state index is 10.5. The van der Waals surface area contributed by atoms with Crippen molar-refractivity contribution in [2.45, 2.75) is 122 Å². The molecule has 0 aromatic heterocycles. The van der Waals surface area contributed by atoms with Crippen molar-refractivity contribution in [3.8, 4) is 0 Å². The Labute approximate surface area is 195 Å².